The topological polar surface area (TPSA) is 69.0 Å². The molecular formula is C15H18N4O2. The third kappa shape index (κ3) is 3.11. The highest BCUT2D eigenvalue weighted by Crippen LogP contribution is 2.20. The van der Waals surface area contributed by atoms with Crippen LogP contribution in [0.4, 0.5) is 0 Å². The summed E-state index contributed by atoms with van der Waals surface area (Å²) in [6.45, 7) is 1.11. The SMILES string of the molecule is Cn1cc(-c2ncccc2CNC(=O)C2CCCO2)cn1. The Balaban J connectivity index is 1.72. The van der Waals surface area contributed by atoms with Crippen molar-refractivity contribution >= 4 is 5.91 Å². The number of rotatable bonds is 4. The molecule has 0 radical (unpaired) electrons. The standard InChI is InChI=1S/C15H18N4O2/c1-19-10-12(9-18-19)14-11(4-2-6-16-14)8-17-15(20)13-5-3-7-21-13/h2,4,6,9-10,13H,3,5,7-8H2,1H3,(H,17,20). The molecule has 1 atom stereocenters. The van der Waals surface area contributed by atoms with E-state index in [0.717, 1.165) is 29.7 Å². The molecule has 0 bridgehead atoms. The molecule has 1 saturated heterocycles. The third-order valence-electron chi connectivity index (χ3n) is 3.54. The molecule has 1 N–H and O–H groups in total. The number of carbonyl (C=O) groups excluding carboxylic acids is 1. The smallest absolute Gasteiger partial charge is 0.249 e. The second-order valence-corrected chi connectivity index (χ2v) is 5.13. The van der Waals surface area contributed by atoms with Gasteiger partial charge >= 0.3 is 0 Å². The van der Waals surface area contributed by atoms with E-state index in [9.17, 15) is 4.79 Å². The highest BCUT2D eigenvalue weighted by molar-refractivity contribution is 5.81. The third-order valence-corrected chi connectivity index (χ3v) is 3.54. The fourth-order valence-corrected chi connectivity index (χ4v) is 2.47. The molecule has 0 aromatic carbocycles. The van der Waals surface area contributed by atoms with E-state index in [0.29, 0.717) is 13.2 Å². The Morgan fingerprint density at radius 1 is 1.57 bits per heavy atom. The number of aromatic nitrogens is 3. The molecular weight excluding hydrogens is 268 g/mol. The monoisotopic (exact) mass is 286 g/mol. The minimum Gasteiger partial charge on any atom is -0.368 e. The molecule has 1 amide bonds. The van der Waals surface area contributed by atoms with Gasteiger partial charge in [0.2, 0.25) is 5.91 Å². The minimum absolute atomic E-state index is 0.0477. The Kier molecular flexibility index (Phi) is 3.96. The number of hydrogen-bond donors (Lipinski definition) is 1. The maximum atomic E-state index is 12.0. The lowest BCUT2D eigenvalue weighted by Crippen LogP contribution is -2.33. The van der Waals surface area contributed by atoms with Crippen molar-refractivity contribution in [2.45, 2.75) is 25.5 Å². The van der Waals surface area contributed by atoms with Gasteiger partial charge in [-0.15, -0.1) is 0 Å². The normalized spacial score (nSPS) is 17.9. The number of aryl methyl sites for hydroxylation is 1. The maximum absolute atomic E-state index is 12.0. The molecule has 6 nitrogen and oxygen atoms in total. The summed E-state index contributed by atoms with van der Waals surface area (Å²) >= 11 is 0. The van der Waals surface area contributed by atoms with E-state index in [4.69, 9.17) is 4.74 Å². The summed E-state index contributed by atoms with van der Waals surface area (Å²) < 4.78 is 7.12. The lowest BCUT2D eigenvalue weighted by atomic mass is 10.1. The molecule has 110 valence electrons. The first-order valence-electron chi connectivity index (χ1n) is 7.06. The van der Waals surface area contributed by atoms with Gasteiger partial charge in [0.15, 0.2) is 0 Å². The number of nitrogens with one attached hydrogen (secondary N) is 1. The van der Waals surface area contributed by atoms with Crippen molar-refractivity contribution in [2.75, 3.05) is 6.61 Å². The van der Waals surface area contributed by atoms with Gasteiger partial charge in [0.05, 0.1) is 11.9 Å². The van der Waals surface area contributed by atoms with Crippen molar-refractivity contribution < 1.29 is 9.53 Å². The van der Waals surface area contributed by atoms with Crippen molar-refractivity contribution in [1.29, 1.82) is 0 Å². The second-order valence-electron chi connectivity index (χ2n) is 5.13. The average molecular weight is 286 g/mol. The van der Waals surface area contributed by atoms with Crippen LogP contribution < -0.4 is 5.32 Å². The molecule has 6 heteroatoms. The summed E-state index contributed by atoms with van der Waals surface area (Å²) in [6, 6.07) is 3.83. The lowest BCUT2D eigenvalue weighted by molar-refractivity contribution is -0.130. The van der Waals surface area contributed by atoms with E-state index in [1.807, 2.05) is 25.4 Å². The maximum Gasteiger partial charge on any atom is 0.249 e. The fourth-order valence-electron chi connectivity index (χ4n) is 2.47. The minimum atomic E-state index is -0.302. The number of carbonyl (C=O) groups is 1. The Hall–Kier alpha value is -2.21. The zero-order valence-electron chi connectivity index (χ0n) is 12.0. The van der Waals surface area contributed by atoms with Crippen LogP contribution in [0.25, 0.3) is 11.3 Å². The number of amides is 1. The second kappa shape index (κ2) is 6.05. The van der Waals surface area contributed by atoms with E-state index in [1.54, 1.807) is 17.1 Å². The highest BCUT2D eigenvalue weighted by atomic mass is 16.5. The van der Waals surface area contributed by atoms with Crippen LogP contribution in [0.2, 0.25) is 0 Å². The van der Waals surface area contributed by atoms with Crippen molar-refractivity contribution in [3.05, 3.63) is 36.3 Å². The van der Waals surface area contributed by atoms with Crippen molar-refractivity contribution in [3.8, 4) is 11.3 Å². The number of ether oxygens (including phenoxy) is 1. The molecule has 0 aliphatic carbocycles. The molecule has 21 heavy (non-hydrogen) atoms. The van der Waals surface area contributed by atoms with E-state index < -0.39 is 0 Å². The molecule has 0 spiro atoms. The predicted octanol–water partition coefficient (Wildman–Crippen LogP) is 1.28. The average Bonchev–Trinajstić information content (AvgIpc) is 3.16. The lowest BCUT2D eigenvalue weighted by Gasteiger charge is -2.12. The van der Waals surface area contributed by atoms with Gasteiger partial charge in [0, 0.05) is 38.2 Å². The molecule has 1 fully saturated rings. The first-order valence-corrected chi connectivity index (χ1v) is 7.06. The van der Waals surface area contributed by atoms with E-state index >= 15 is 0 Å². The van der Waals surface area contributed by atoms with Gasteiger partial charge in [-0.3, -0.25) is 14.5 Å². The first kappa shape index (κ1) is 13.8. The fraction of sp³-hybridized carbons (Fsp3) is 0.400. The van der Waals surface area contributed by atoms with Crippen LogP contribution in [0.3, 0.4) is 0 Å². The van der Waals surface area contributed by atoms with Crippen LogP contribution in [-0.4, -0.2) is 33.4 Å². The summed E-state index contributed by atoms with van der Waals surface area (Å²) in [5, 5.41) is 7.09. The predicted molar refractivity (Wildman–Crippen MR) is 77.3 cm³/mol. The zero-order valence-corrected chi connectivity index (χ0v) is 12.0. The molecule has 1 aliphatic rings. The van der Waals surface area contributed by atoms with Gasteiger partial charge in [-0.1, -0.05) is 6.07 Å². The Bertz CT molecular complexity index is 632. The van der Waals surface area contributed by atoms with Gasteiger partial charge < -0.3 is 10.1 Å². The van der Waals surface area contributed by atoms with Crippen molar-refractivity contribution in [1.82, 2.24) is 20.1 Å². The Morgan fingerprint density at radius 3 is 3.19 bits per heavy atom. The largest absolute Gasteiger partial charge is 0.368 e. The van der Waals surface area contributed by atoms with Crippen LogP contribution >= 0.6 is 0 Å². The van der Waals surface area contributed by atoms with E-state index in [1.165, 1.54) is 0 Å². The van der Waals surface area contributed by atoms with Gasteiger partial charge in [0.25, 0.3) is 0 Å². The van der Waals surface area contributed by atoms with Crippen molar-refractivity contribution in [2.24, 2.45) is 7.05 Å². The van der Waals surface area contributed by atoms with Crippen LogP contribution in [0.15, 0.2) is 30.7 Å². The van der Waals surface area contributed by atoms with Crippen molar-refractivity contribution in [3.63, 3.8) is 0 Å². The summed E-state index contributed by atoms with van der Waals surface area (Å²) in [5.74, 6) is -0.0477. The van der Waals surface area contributed by atoms with Crippen LogP contribution in [0, 0.1) is 0 Å². The summed E-state index contributed by atoms with van der Waals surface area (Å²) in [6.07, 6.45) is 6.87. The molecule has 3 heterocycles. The molecule has 0 saturated carbocycles. The molecule has 3 rings (SSSR count). The molecule has 2 aromatic heterocycles. The van der Waals surface area contributed by atoms with Gasteiger partial charge in [0.1, 0.15) is 6.10 Å². The van der Waals surface area contributed by atoms with Gasteiger partial charge in [-0.2, -0.15) is 5.10 Å². The van der Waals surface area contributed by atoms with E-state index in [-0.39, 0.29) is 12.0 Å². The zero-order chi connectivity index (χ0) is 14.7. The molecule has 2 aromatic rings. The van der Waals surface area contributed by atoms with Gasteiger partial charge in [-0.25, -0.2) is 0 Å². The van der Waals surface area contributed by atoms with Crippen LogP contribution in [-0.2, 0) is 23.1 Å². The van der Waals surface area contributed by atoms with E-state index in [2.05, 4.69) is 15.4 Å². The summed E-state index contributed by atoms with van der Waals surface area (Å²) in [4.78, 5) is 16.4. The first-order chi connectivity index (χ1) is 10.2. The highest BCUT2D eigenvalue weighted by Gasteiger charge is 2.23. The quantitative estimate of drug-likeness (QED) is 0.919. The Morgan fingerprint density at radius 2 is 2.48 bits per heavy atom. The van der Waals surface area contributed by atoms with Crippen LogP contribution in [0.5, 0.6) is 0 Å². The number of nitrogens with zero attached hydrogens (tertiary/aromatic N) is 3. The number of hydrogen-bond acceptors (Lipinski definition) is 4. The van der Waals surface area contributed by atoms with Crippen LogP contribution in [0.1, 0.15) is 18.4 Å². The molecule has 1 aliphatic heterocycles. The van der Waals surface area contributed by atoms with Gasteiger partial charge in [-0.05, 0) is 24.5 Å². The number of pyridine rings is 1. The Labute approximate surface area is 123 Å². The molecule has 1 unspecified atom stereocenters. The summed E-state index contributed by atoms with van der Waals surface area (Å²) in [7, 11) is 1.87. The summed E-state index contributed by atoms with van der Waals surface area (Å²) in [5.41, 5.74) is 2.76.